The van der Waals surface area contributed by atoms with Crippen LogP contribution < -0.4 is 0 Å². The van der Waals surface area contributed by atoms with Gasteiger partial charge in [-0.3, -0.25) is 4.79 Å². The summed E-state index contributed by atoms with van der Waals surface area (Å²) in [7, 11) is 0. The molecule has 0 radical (unpaired) electrons. The van der Waals surface area contributed by atoms with Crippen LogP contribution in [0.25, 0.3) is 0 Å². The van der Waals surface area contributed by atoms with Crippen LogP contribution in [0.2, 0.25) is 0 Å². The van der Waals surface area contributed by atoms with Crippen LogP contribution in [0.15, 0.2) is 54.6 Å². The third kappa shape index (κ3) is 4.72. The summed E-state index contributed by atoms with van der Waals surface area (Å²) < 4.78 is 5.22. The molecule has 1 heterocycles. The predicted octanol–water partition coefficient (Wildman–Crippen LogP) is 3.63. The molecule has 1 aliphatic heterocycles. The number of hydrogen-bond acceptors (Lipinski definition) is 3. The van der Waals surface area contributed by atoms with Gasteiger partial charge in [0, 0.05) is 13.1 Å². The van der Waals surface area contributed by atoms with Gasteiger partial charge in [-0.05, 0) is 49.3 Å². The number of amides is 1. The van der Waals surface area contributed by atoms with E-state index < -0.39 is 5.97 Å². The number of carbonyl (C=O) groups is 2. The molecule has 2 aromatic carbocycles. The van der Waals surface area contributed by atoms with Crippen LogP contribution in [-0.2, 0) is 16.0 Å². The number of likely N-dealkylation sites (tertiary alicyclic amines) is 1. The lowest BCUT2D eigenvalue weighted by atomic mass is 9.90. The monoisotopic (exact) mass is 351 g/mol. The van der Waals surface area contributed by atoms with Crippen LogP contribution >= 0.6 is 0 Å². The van der Waals surface area contributed by atoms with Crippen molar-refractivity contribution in [2.75, 3.05) is 19.7 Å². The highest BCUT2D eigenvalue weighted by molar-refractivity contribution is 5.92. The number of aryl methyl sites for hydroxylation is 1. The summed E-state index contributed by atoms with van der Waals surface area (Å²) in [5.74, 6) is 0.0662. The van der Waals surface area contributed by atoms with E-state index in [-0.39, 0.29) is 12.5 Å². The van der Waals surface area contributed by atoms with Gasteiger partial charge in [0.05, 0.1) is 5.56 Å². The lowest BCUT2D eigenvalue weighted by molar-refractivity contribution is -0.135. The molecule has 0 aliphatic carbocycles. The average Bonchev–Trinajstić information content (AvgIpc) is 2.67. The molecule has 0 saturated carbocycles. The minimum absolute atomic E-state index is 0.106. The Balaban J connectivity index is 1.44. The SMILES string of the molecule is Cc1ccccc1C(=O)OCC(=O)N1CCC(Cc2ccccc2)CC1. The molecule has 0 unspecified atom stereocenters. The Kier molecular flexibility index (Phi) is 6.05. The van der Waals surface area contributed by atoms with Crippen LogP contribution in [-0.4, -0.2) is 36.5 Å². The highest BCUT2D eigenvalue weighted by atomic mass is 16.5. The van der Waals surface area contributed by atoms with Gasteiger partial charge in [-0.25, -0.2) is 4.79 Å². The summed E-state index contributed by atoms with van der Waals surface area (Å²) in [5.41, 5.74) is 2.72. The number of benzene rings is 2. The van der Waals surface area contributed by atoms with Crippen molar-refractivity contribution >= 4 is 11.9 Å². The maximum atomic E-state index is 12.3. The number of ether oxygens (including phenoxy) is 1. The number of nitrogens with zero attached hydrogens (tertiary/aromatic N) is 1. The summed E-state index contributed by atoms with van der Waals surface area (Å²) in [4.78, 5) is 26.3. The molecule has 4 heteroatoms. The lowest BCUT2D eigenvalue weighted by Crippen LogP contribution is -2.41. The average molecular weight is 351 g/mol. The molecule has 3 rings (SSSR count). The van der Waals surface area contributed by atoms with Gasteiger partial charge in [-0.1, -0.05) is 48.5 Å². The molecule has 0 N–H and O–H groups in total. The molecule has 1 saturated heterocycles. The Morgan fingerprint density at radius 3 is 2.35 bits per heavy atom. The first-order valence-electron chi connectivity index (χ1n) is 9.18. The van der Waals surface area contributed by atoms with Gasteiger partial charge in [0.15, 0.2) is 6.61 Å². The molecular weight excluding hydrogens is 326 g/mol. The second-order valence-electron chi connectivity index (χ2n) is 6.90. The lowest BCUT2D eigenvalue weighted by Gasteiger charge is -2.32. The van der Waals surface area contributed by atoms with Gasteiger partial charge in [-0.15, -0.1) is 0 Å². The third-order valence-electron chi connectivity index (χ3n) is 5.03. The predicted molar refractivity (Wildman–Crippen MR) is 101 cm³/mol. The van der Waals surface area contributed by atoms with E-state index in [1.807, 2.05) is 30.0 Å². The fourth-order valence-corrected chi connectivity index (χ4v) is 3.43. The van der Waals surface area contributed by atoms with Gasteiger partial charge < -0.3 is 9.64 Å². The van der Waals surface area contributed by atoms with Crippen molar-refractivity contribution in [2.24, 2.45) is 5.92 Å². The Labute approximate surface area is 154 Å². The summed E-state index contributed by atoms with van der Waals surface area (Å²) in [5, 5.41) is 0. The molecule has 0 bridgehead atoms. The van der Waals surface area contributed by atoms with Crippen molar-refractivity contribution in [3.05, 3.63) is 71.3 Å². The van der Waals surface area contributed by atoms with Gasteiger partial charge in [0.1, 0.15) is 0 Å². The van der Waals surface area contributed by atoms with Gasteiger partial charge >= 0.3 is 5.97 Å². The molecule has 1 amide bonds. The van der Waals surface area contributed by atoms with Gasteiger partial charge in [-0.2, -0.15) is 0 Å². The highest BCUT2D eigenvalue weighted by Crippen LogP contribution is 2.21. The van der Waals surface area contributed by atoms with Gasteiger partial charge in [0.25, 0.3) is 5.91 Å². The first-order chi connectivity index (χ1) is 12.6. The van der Waals surface area contributed by atoms with E-state index in [0.29, 0.717) is 11.5 Å². The van der Waals surface area contributed by atoms with E-state index in [0.717, 1.165) is 37.9 Å². The first-order valence-corrected chi connectivity index (χ1v) is 9.18. The second-order valence-corrected chi connectivity index (χ2v) is 6.90. The van der Waals surface area contributed by atoms with E-state index in [1.54, 1.807) is 12.1 Å². The number of hydrogen-bond donors (Lipinski definition) is 0. The fraction of sp³-hybridized carbons (Fsp3) is 0.364. The minimum atomic E-state index is -0.435. The topological polar surface area (TPSA) is 46.6 Å². The normalized spacial score (nSPS) is 14.9. The van der Waals surface area contributed by atoms with E-state index in [4.69, 9.17) is 4.74 Å². The largest absolute Gasteiger partial charge is 0.452 e. The molecule has 2 aromatic rings. The van der Waals surface area contributed by atoms with Gasteiger partial charge in [0.2, 0.25) is 0 Å². The van der Waals surface area contributed by atoms with E-state index in [2.05, 4.69) is 24.3 Å². The van der Waals surface area contributed by atoms with E-state index in [1.165, 1.54) is 5.56 Å². The zero-order valence-corrected chi connectivity index (χ0v) is 15.2. The van der Waals surface area contributed by atoms with Crippen LogP contribution in [0.1, 0.15) is 34.3 Å². The standard InChI is InChI=1S/C22H25NO3/c1-17-7-5-6-10-20(17)22(25)26-16-21(24)23-13-11-19(12-14-23)15-18-8-3-2-4-9-18/h2-10,19H,11-16H2,1H3. The highest BCUT2D eigenvalue weighted by Gasteiger charge is 2.24. The maximum absolute atomic E-state index is 12.3. The molecule has 136 valence electrons. The maximum Gasteiger partial charge on any atom is 0.338 e. The minimum Gasteiger partial charge on any atom is -0.452 e. The van der Waals surface area contributed by atoms with Crippen molar-refractivity contribution in [3.63, 3.8) is 0 Å². The van der Waals surface area contributed by atoms with Crippen LogP contribution in [0.5, 0.6) is 0 Å². The Hall–Kier alpha value is -2.62. The Morgan fingerprint density at radius 1 is 1.00 bits per heavy atom. The molecular formula is C22H25NO3. The van der Waals surface area contributed by atoms with Crippen LogP contribution in [0.4, 0.5) is 0 Å². The molecule has 1 fully saturated rings. The zero-order valence-electron chi connectivity index (χ0n) is 15.2. The van der Waals surface area contributed by atoms with Crippen molar-refractivity contribution in [1.82, 2.24) is 4.90 Å². The third-order valence-corrected chi connectivity index (χ3v) is 5.03. The summed E-state index contributed by atoms with van der Waals surface area (Å²) in [6, 6.07) is 17.7. The number of esters is 1. The molecule has 26 heavy (non-hydrogen) atoms. The smallest absolute Gasteiger partial charge is 0.338 e. The quantitative estimate of drug-likeness (QED) is 0.773. The molecule has 1 aliphatic rings. The molecule has 0 atom stereocenters. The molecule has 0 aromatic heterocycles. The number of rotatable bonds is 5. The fourth-order valence-electron chi connectivity index (χ4n) is 3.43. The van der Waals surface area contributed by atoms with E-state index >= 15 is 0 Å². The summed E-state index contributed by atoms with van der Waals surface area (Å²) in [6.45, 7) is 3.14. The molecule has 4 nitrogen and oxygen atoms in total. The number of piperidine rings is 1. The van der Waals surface area contributed by atoms with Crippen molar-refractivity contribution in [1.29, 1.82) is 0 Å². The van der Waals surface area contributed by atoms with Crippen LogP contribution in [0.3, 0.4) is 0 Å². The Bertz CT molecular complexity index is 749. The van der Waals surface area contributed by atoms with Crippen molar-refractivity contribution in [2.45, 2.75) is 26.2 Å². The first kappa shape index (κ1) is 18.2. The van der Waals surface area contributed by atoms with Crippen molar-refractivity contribution in [3.8, 4) is 0 Å². The van der Waals surface area contributed by atoms with E-state index in [9.17, 15) is 9.59 Å². The Morgan fingerprint density at radius 2 is 1.65 bits per heavy atom. The number of carbonyl (C=O) groups excluding carboxylic acids is 2. The van der Waals surface area contributed by atoms with Crippen molar-refractivity contribution < 1.29 is 14.3 Å². The second kappa shape index (κ2) is 8.65. The summed E-state index contributed by atoms with van der Waals surface area (Å²) in [6.07, 6.45) is 3.05. The molecule has 0 spiro atoms. The summed E-state index contributed by atoms with van der Waals surface area (Å²) >= 11 is 0. The zero-order chi connectivity index (χ0) is 18.4. The van der Waals surface area contributed by atoms with Crippen LogP contribution in [0, 0.1) is 12.8 Å².